The Morgan fingerprint density at radius 1 is 1.19 bits per heavy atom. The van der Waals surface area contributed by atoms with Crippen LogP contribution in [0.2, 0.25) is 0 Å². The second kappa shape index (κ2) is 10.2. The molecule has 6 nitrogen and oxygen atoms in total. The second-order valence-electron chi connectivity index (χ2n) is 8.01. The average Bonchev–Trinajstić information content (AvgIpc) is 2.79. The number of aromatic nitrogens is 1. The van der Waals surface area contributed by atoms with E-state index >= 15 is 0 Å². The molecule has 0 radical (unpaired) electrons. The third-order valence-corrected chi connectivity index (χ3v) is 5.68. The molecule has 0 atom stereocenters. The van der Waals surface area contributed by atoms with Gasteiger partial charge in [0.25, 0.3) is 5.91 Å². The van der Waals surface area contributed by atoms with Gasteiger partial charge in [0.15, 0.2) is 0 Å². The zero-order chi connectivity index (χ0) is 22.4. The van der Waals surface area contributed by atoms with Crippen molar-refractivity contribution in [3.05, 3.63) is 77.8 Å². The number of carbonyl (C=O) groups is 1. The van der Waals surface area contributed by atoms with Crippen LogP contribution in [0, 0.1) is 0 Å². The zero-order valence-electron chi connectivity index (χ0n) is 18.8. The van der Waals surface area contributed by atoms with Gasteiger partial charge in [0.1, 0.15) is 0 Å². The molecule has 2 aliphatic rings. The molecule has 1 saturated heterocycles. The van der Waals surface area contributed by atoms with Crippen LogP contribution < -0.4 is 5.73 Å². The predicted octanol–water partition coefficient (Wildman–Crippen LogP) is 3.24. The summed E-state index contributed by atoms with van der Waals surface area (Å²) in [7, 11) is 4.02. The van der Waals surface area contributed by atoms with Crippen LogP contribution in [-0.2, 0) is 4.79 Å². The highest BCUT2D eigenvalue weighted by molar-refractivity contribution is 5.97. The van der Waals surface area contributed by atoms with Crippen molar-refractivity contribution in [2.45, 2.75) is 19.8 Å². The van der Waals surface area contributed by atoms with Crippen LogP contribution >= 0.6 is 0 Å². The number of nitrogens with two attached hydrogens (primary N) is 1. The van der Waals surface area contributed by atoms with E-state index in [1.165, 1.54) is 0 Å². The summed E-state index contributed by atoms with van der Waals surface area (Å²) in [6.07, 6.45) is 13.5. The first-order valence-corrected chi connectivity index (χ1v) is 10.8. The van der Waals surface area contributed by atoms with E-state index in [2.05, 4.69) is 33.5 Å². The Morgan fingerprint density at radius 2 is 1.90 bits per heavy atom. The number of amides is 1. The van der Waals surface area contributed by atoms with Crippen LogP contribution in [0.15, 0.2) is 66.6 Å². The molecule has 6 heteroatoms. The maximum Gasteiger partial charge on any atom is 0.255 e. The van der Waals surface area contributed by atoms with Crippen molar-refractivity contribution in [3.8, 4) is 0 Å². The number of hydrogen-bond donors (Lipinski definition) is 1. The molecule has 0 saturated carbocycles. The normalized spacial score (nSPS) is 17.5. The van der Waals surface area contributed by atoms with Gasteiger partial charge in [-0.3, -0.25) is 9.78 Å². The van der Waals surface area contributed by atoms with Gasteiger partial charge in [0.2, 0.25) is 0 Å². The Morgan fingerprint density at radius 3 is 2.48 bits per heavy atom. The summed E-state index contributed by atoms with van der Waals surface area (Å²) >= 11 is 0. The van der Waals surface area contributed by atoms with E-state index in [1.807, 2.05) is 62.5 Å². The Balaban J connectivity index is 1.63. The van der Waals surface area contributed by atoms with Crippen molar-refractivity contribution in [1.29, 1.82) is 0 Å². The molecule has 0 aromatic carbocycles. The lowest BCUT2D eigenvalue weighted by Crippen LogP contribution is -2.48. The average molecular weight is 420 g/mol. The molecule has 2 N–H and O–H groups in total. The number of nitrogens with zero attached hydrogens (tertiary/aromatic N) is 4. The van der Waals surface area contributed by atoms with E-state index in [0.717, 1.165) is 48.6 Å². The third-order valence-electron chi connectivity index (χ3n) is 5.68. The number of carbonyl (C=O) groups excluding carboxylic acids is 1. The SMILES string of the molecule is C=C(c1ccc(/C(=C/C=C\C)N(C)C)nc1)N1CCN(C(=O)C2=C(N)CCC=C2)CC1. The molecular formula is C25H33N5O. The quantitative estimate of drug-likeness (QED) is 0.717. The van der Waals surface area contributed by atoms with Crippen LogP contribution in [0.1, 0.15) is 31.0 Å². The summed E-state index contributed by atoms with van der Waals surface area (Å²) in [6, 6.07) is 4.09. The van der Waals surface area contributed by atoms with Crippen molar-refractivity contribution >= 4 is 17.3 Å². The van der Waals surface area contributed by atoms with Crippen LogP contribution in [0.5, 0.6) is 0 Å². The van der Waals surface area contributed by atoms with Gasteiger partial charge in [0, 0.05) is 63.4 Å². The first-order valence-electron chi connectivity index (χ1n) is 10.8. The summed E-state index contributed by atoms with van der Waals surface area (Å²) in [6.45, 7) is 9.08. The van der Waals surface area contributed by atoms with E-state index in [1.54, 1.807) is 0 Å². The molecule has 164 valence electrons. The summed E-state index contributed by atoms with van der Waals surface area (Å²) in [5.74, 6) is 0.0360. The van der Waals surface area contributed by atoms with Gasteiger partial charge in [-0.25, -0.2) is 0 Å². The van der Waals surface area contributed by atoms with Crippen molar-refractivity contribution in [3.63, 3.8) is 0 Å². The van der Waals surface area contributed by atoms with Crippen LogP contribution in [0.25, 0.3) is 11.4 Å². The van der Waals surface area contributed by atoms with Gasteiger partial charge in [-0.05, 0) is 38.0 Å². The van der Waals surface area contributed by atoms with Crippen LogP contribution in [0.3, 0.4) is 0 Å². The van der Waals surface area contributed by atoms with E-state index in [9.17, 15) is 4.79 Å². The number of allylic oxidation sites excluding steroid dienone is 5. The fraction of sp³-hybridized carbons (Fsp3) is 0.360. The summed E-state index contributed by atoms with van der Waals surface area (Å²) in [4.78, 5) is 23.6. The van der Waals surface area contributed by atoms with Gasteiger partial charge in [0.05, 0.1) is 17.0 Å². The second-order valence-corrected chi connectivity index (χ2v) is 8.01. The molecule has 1 aromatic heterocycles. The minimum Gasteiger partial charge on any atom is -0.401 e. The van der Waals surface area contributed by atoms with E-state index in [-0.39, 0.29) is 5.91 Å². The lowest BCUT2D eigenvalue weighted by atomic mass is 10.0. The number of pyridine rings is 1. The highest BCUT2D eigenvalue weighted by Crippen LogP contribution is 2.23. The Kier molecular flexibility index (Phi) is 7.34. The van der Waals surface area contributed by atoms with Crippen molar-refractivity contribution < 1.29 is 4.79 Å². The third kappa shape index (κ3) is 5.26. The molecule has 0 unspecified atom stereocenters. The first-order chi connectivity index (χ1) is 14.9. The van der Waals surface area contributed by atoms with Gasteiger partial charge in [-0.15, -0.1) is 0 Å². The van der Waals surface area contributed by atoms with Crippen LogP contribution in [0.4, 0.5) is 0 Å². The maximum atomic E-state index is 12.8. The van der Waals surface area contributed by atoms with Gasteiger partial charge < -0.3 is 20.4 Å². The standard InChI is InChI=1S/C25H33N5O/c1-5-6-11-24(28(3)4)23-13-12-20(18-27-23)19(2)29-14-16-30(17-15-29)25(31)21-9-7-8-10-22(21)26/h5-7,9,11-13,18H,2,8,10,14-17,26H2,1,3-4H3/b6-5-,24-11-. The van der Waals surface area contributed by atoms with Gasteiger partial charge in [-0.2, -0.15) is 0 Å². The highest BCUT2D eigenvalue weighted by atomic mass is 16.2. The lowest BCUT2D eigenvalue weighted by Gasteiger charge is -2.37. The molecule has 0 spiro atoms. The van der Waals surface area contributed by atoms with Crippen molar-refractivity contribution in [2.24, 2.45) is 5.73 Å². The Bertz CT molecular complexity index is 929. The Labute approximate surface area is 185 Å². The van der Waals surface area contributed by atoms with Gasteiger partial charge in [-0.1, -0.05) is 30.9 Å². The summed E-state index contributed by atoms with van der Waals surface area (Å²) < 4.78 is 0. The fourth-order valence-corrected chi connectivity index (χ4v) is 3.79. The van der Waals surface area contributed by atoms with E-state index in [0.29, 0.717) is 24.4 Å². The molecular weight excluding hydrogens is 386 g/mol. The van der Waals surface area contributed by atoms with E-state index < -0.39 is 0 Å². The van der Waals surface area contributed by atoms with Crippen molar-refractivity contribution in [1.82, 2.24) is 19.7 Å². The molecule has 31 heavy (non-hydrogen) atoms. The summed E-state index contributed by atoms with van der Waals surface area (Å²) in [5.41, 5.74) is 11.3. The highest BCUT2D eigenvalue weighted by Gasteiger charge is 2.25. The molecule has 2 heterocycles. The lowest BCUT2D eigenvalue weighted by molar-refractivity contribution is -0.128. The van der Waals surface area contributed by atoms with Crippen molar-refractivity contribution in [2.75, 3.05) is 40.3 Å². The maximum absolute atomic E-state index is 12.8. The molecule has 1 amide bonds. The van der Waals surface area contributed by atoms with Gasteiger partial charge >= 0.3 is 0 Å². The minimum atomic E-state index is 0.0360. The topological polar surface area (TPSA) is 65.7 Å². The monoisotopic (exact) mass is 419 g/mol. The number of hydrogen-bond acceptors (Lipinski definition) is 5. The molecule has 1 aromatic rings. The molecule has 1 fully saturated rings. The smallest absolute Gasteiger partial charge is 0.255 e. The molecule has 1 aliphatic carbocycles. The number of rotatable bonds is 6. The zero-order valence-corrected chi connectivity index (χ0v) is 18.8. The predicted molar refractivity (Wildman–Crippen MR) is 127 cm³/mol. The van der Waals surface area contributed by atoms with E-state index in [4.69, 9.17) is 5.73 Å². The number of piperazine rings is 1. The van der Waals surface area contributed by atoms with Crippen LogP contribution in [-0.4, -0.2) is 65.9 Å². The largest absolute Gasteiger partial charge is 0.401 e. The Hall–Kier alpha value is -3.28. The first kappa shape index (κ1) is 22.4. The summed E-state index contributed by atoms with van der Waals surface area (Å²) in [5, 5.41) is 0. The molecule has 1 aliphatic heterocycles. The molecule has 3 rings (SSSR count). The molecule has 0 bridgehead atoms. The fourth-order valence-electron chi connectivity index (χ4n) is 3.79. The minimum absolute atomic E-state index is 0.0360.